The average Bonchev–Trinajstić information content (AvgIpc) is 3.70. The second-order valence-electron chi connectivity index (χ2n) is 10.0. The van der Waals surface area contributed by atoms with E-state index in [0.29, 0.717) is 27.0 Å². The van der Waals surface area contributed by atoms with E-state index in [4.69, 9.17) is 4.74 Å². The molecule has 0 spiro atoms. The SMILES string of the molecule is COc1ccc(N2C(=O)C3Sc4c(sc(=O)n4CC(=O)Nc4ccc5ccccc5c4)[C@H](c4cccs4)C3C2=O)cc1. The minimum atomic E-state index is -0.733. The third-order valence-electron chi connectivity index (χ3n) is 7.56. The van der Waals surface area contributed by atoms with Crippen LogP contribution in [0.3, 0.4) is 0 Å². The van der Waals surface area contributed by atoms with Crippen molar-refractivity contribution in [2.24, 2.45) is 5.92 Å². The van der Waals surface area contributed by atoms with Gasteiger partial charge >= 0.3 is 4.87 Å². The van der Waals surface area contributed by atoms with Crippen molar-refractivity contribution in [3.63, 3.8) is 0 Å². The minimum absolute atomic E-state index is 0.205. The molecule has 4 heterocycles. The molecule has 0 aliphatic carbocycles. The van der Waals surface area contributed by atoms with Gasteiger partial charge in [0.15, 0.2) is 0 Å². The molecule has 1 N–H and O–H groups in total. The highest BCUT2D eigenvalue weighted by Crippen LogP contribution is 2.54. The van der Waals surface area contributed by atoms with Crippen LogP contribution in [-0.2, 0) is 20.9 Å². The molecule has 42 heavy (non-hydrogen) atoms. The number of hydrogen-bond acceptors (Lipinski definition) is 8. The summed E-state index contributed by atoms with van der Waals surface area (Å²) in [6.07, 6.45) is 0. The number of thiazole rings is 1. The van der Waals surface area contributed by atoms with E-state index in [1.54, 1.807) is 31.4 Å². The third kappa shape index (κ3) is 4.44. The summed E-state index contributed by atoms with van der Waals surface area (Å²) < 4.78 is 6.67. The second-order valence-corrected chi connectivity index (χ2v) is 13.1. The van der Waals surface area contributed by atoms with Crippen LogP contribution in [0, 0.1) is 5.92 Å². The molecule has 2 aromatic heterocycles. The predicted octanol–water partition coefficient (Wildman–Crippen LogP) is 5.57. The topological polar surface area (TPSA) is 97.7 Å². The zero-order valence-corrected chi connectivity index (χ0v) is 24.6. The number of thiophene rings is 1. The van der Waals surface area contributed by atoms with Crippen LogP contribution < -0.4 is 19.8 Å². The number of methoxy groups -OCH3 is 1. The van der Waals surface area contributed by atoms with E-state index < -0.39 is 17.1 Å². The van der Waals surface area contributed by atoms with E-state index in [0.717, 1.165) is 27.0 Å². The van der Waals surface area contributed by atoms with Crippen molar-refractivity contribution in [3.8, 4) is 5.75 Å². The number of anilines is 2. The molecule has 1 fully saturated rings. The highest BCUT2D eigenvalue weighted by molar-refractivity contribution is 8.00. The van der Waals surface area contributed by atoms with Crippen molar-refractivity contribution in [1.82, 2.24) is 4.57 Å². The van der Waals surface area contributed by atoms with Crippen molar-refractivity contribution < 1.29 is 19.1 Å². The molecule has 1 saturated heterocycles. The zero-order valence-electron chi connectivity index (χ0n) is 22.2. The molecule has 2 unspecified atom stereocenters. The van der Waals surface area contributed by atoms with Gasteiger partial charge in [-0.3, -0.25) is 23.7 Å². The average molecular weight is 614 g/mol. The van der Waals surface area contributed by atoms with E-state index in [-0.39, 0.29) is 29.1 Å². The van der Waals surface area contributed by atoms with Gasteiger partial charge in [0.25, 0.3) is 0 Å². The molecule has 0 saturated carbocycles. The molecule has 3 atom stereocenters. The first-order valence-electron chi connectivity index (χ1n) is 13.2. The number of aromatic nitrogens is 1. The fraction of sp³-hybridized carbons (Fsp3) is 0.161. The fourth-order valence-electron chi connectivity index (χ4n) is 5.63. The summed E-state index contributed by atoms with van der Waals surface area (Å²) in [5.41, 5.74) is 1.10. The van der Waals surface area contributed by atoms with Crippen molar-refractivity contribution in [3.05, 3.63) is 104 Å². The van der Waals surface area contributed by atoms with Crippen LogP contribution in [0.2, 0.25) is 0 Å². The minimum Gasteiger partial charge on any atom is -0.497 e. The maximum absolute atomic E-state index is 13.9. The monoisotopic (exact) mass is 613 g/mol. The number of imide groups is 1. The third-order valence-corrected chi connectivity index (χ3v) is 11.1. The van der Waals surface area contributed by atoms with Crippen molar-refractivity contribution in [1.29, 1.82) is 0 Å². The zero-order chi connectivity index (χ0) is 29.0. The first kappa shape index (κ1) is 26.7. The van der Waals surface area contributed by atoms with Crippen molar-refractivity contribution in [2.45, 2.75) is 22.7 Å². The van der Waals surface area contributed by atoms with Gasteiger partial charge in [-0.1, -0.05) is 59.5 Å². The largest absolute Gasteiger partial charge is 0.497 e. The molecule has 2 aliphatic rings. The first-order chi connectivity index (χ1) is 20.4. The normalized spacial score (nSPS) is 19.5. The van der Waals surface area contributed by atoms with Crippen molar-refractivity contribution >= 4 is 74.3 Å². The summed E-state index contributed by atoms with van der Waals surface area (Å²) in [6.45, 7) is -0.205. The Labute approximate surface area is 252 Å². The molecule has 0 radical (unpaired) electrons. The predicted molar refractivity (Wildman–Crippen MR) is 166 cm³/mol. The van der Waals surface area contributed by atoms with E-state index in [1.165, 1.54) is 32.6 Å². The Balaban J connectivity index is 1.23. The maximum Gasteiger partial charge on any atom is 0.308 e. The van der Waals surface area contributed by atoms with Gasteiger partial charge in [0.05, 0.1) is 23.7 Å². The Morgan fingerprint density at radius 3 is 2.45 bits per heavy atom. The summed E-state index contributed by atoms with van der Waals surface area (Å²) in [6, 6.07) is 24.2. The number of amides is 3. The number of carbonyl (C=O) groups is 3. The van der Waals surface area contributed by atoms with Crippen LogP contribution in [0.25, 0.3) is 10.8 Å². The number of rotatable bonds is 6. The summed E-state index contributed by atoms with van der Waals surface area (Å²) in [7, 11) is 1.55. The van der Waals surface area contributed by atoms with E-state index >= 15 is 0 Å². The molecule has 2 aliphatic heterocycles. The Morgan fingerprint density at radius 1 is 0.929 bits per heavy atom. The molecule has 7 rings (SSSR count). The summed E-state index contributed by atoms with van der Waals surface area (Å²) >= 11 is 3.73. The van der Waals surface area contributed by atoms with Crippen molar-refractivity contribution in [2.75, 3.05) is 17.3 Å². The van der Waals surface area contributed by atoms with Gasteiger partial charge in [-0.05, 0) is 58.6 Å². The lowest BCUT2D eigenvalue weighted by Crippen LogP contribution is -2.32. The molecular weight excluding hydrogens is 591 g/mol. The van der Waals surface area contributed by atoms with Crippen LogP contribution in [0.1, 0.15) is 15.7 Å². The molecular formula is C31H23N3O5S3. The standard InChI is InChI=1S/C31H23N3O5S3/c1-39-21-12-10-20(11-13-21)34-28(36)25-24(22-7-4-14-40-22)27-30(41-26(25)29(34)37)33(31(38)42-27)16-23(35)32-19-9-8-17-5-2-3-6-18(17)15-19/h2-15,24-26H,16H2,1H3,(H,32,35)/t24-,25?,26?/m1/s1. The molecule has 3 aromatic carbocycles. The number of carbonyl (C=O) groups excluding carboxylic acids is 3. The molecule has 0 bridgehead atoms. The highest BCUT2D eigenvalue weighted by Gasteiger charge is 2.57. The van der Waals surface area contributed by atoms with Crippen LogP contribution in [-0.4, -0.2) is 34.6 Å². The molecule has 11 heteroatoms. The van der Waals surface area contributed by atoms with Gasteiger partial charge in [-0.15, -0.1) is 11.3 Å². The smallest absolute Gasteiger partial charge is 0.308 e. The lowest BCUT2D eigenvalue weighted by molar-refractivity contribution is -0.122. The number of nitrogens with zero attached hydrogens (tertiary/aromatic N) is 2. The fourth-order valence-corrected chi connectivity index (χ4v) is 9.35. The van der Waals surface area contributed by atoms with Gasteiger partial charge in [0.1, 0.15) is 17.5 Å². The summed E-state index contributed by atoms with van der Waals surface area (Å²) in [5, 5.41) is 6.71. The maximum atomic E-state index is 13.9. The second kappa shape index (κ2) is 10.6. The number of ether oxygens (including phenoxy) is 1. The lowest BCUT2D eigenvalue weighted by atomic mass is 9.87. The quantitative estimate of drug-likeness (QED) is 0.252. The Morgan fingerprint density at radius 2 is 1.71 bits per heavy atom. The Bertz CT molecular complexity index is 1910. The molecule has 8 nitrogen and oxygen atoms in total. The number of hydrogen-bond donors (Lipinski definition) is 1. The van der Waals surface area contributed by atoms with E-state index in [2.05, 4.69) is 5.32 Å². The highest BCUT2D eigenvalue weighted by atomic mass is 32.2. The first-order valence-corrected chi connectivity index (χ1v) is 15.7. The van der Waals surface area contributed by atoms with Crippen LogP contribution in [0.15, 0.2) is 94.1 Å². The van der Waals surface area contributed by atoms with E-state index in [9.17, 15) is 19.2 Å². The number of thioether (sulfide) groups is 1. The Kier molecular flexibility index (Phi) is 6.72. The van der Waals surface area contributed by atoms with Crippen LogP contribution in [0.5, 0.6) is 5.75 Å². The Hall–Kier alpha value is -4.19. The summed E-state index contributed by atoms with van der Waals surface area (Å²) in [4.78, 5) is 56.8. The van der Waals surface area contributed by atoms with E-state index in [1.807, 2.05) is 60.0 Å². The van der Waals surface area contributed by atoms with Crippen LogP contribution in [0.4, 0.5) is 11.4 Å². The molecule has 5 aromatic rings. The number of fused-ring (bicyclic) bond motifs is 3. The number of benzene rings is 3. The summed E-state index contributed by atoms with van der Waals surface area (Å²) in [5.74, 6) is -1.50. The molecule has 3 amide bonds. The van der Waals surface area contributed by atoms with Gasteiger partial charge in [-0.2, -0.15) is 0 Å². The van der Waals surface area contributed by atoms with Gasteiger partial charge in [0, 0.05) is 21.4 Å². The number of nitrogens with one attached hydrogen (secondary N) is 1. The van der Waals surface area contributed by atoms with Gasteiger partial charge in [-0.25, -0.2) is 4.90 Å². The molecule has 210 valence electrons. The lowest BCUT2D eigenvalue weighted by Gasteiger charge is -2.29. The van der Waals surface area contributed by atoms with Gasteiger partial charge < -0.3 is 10.1 Å². The van der Waals surface area contributed by atoms with Crippen LogP contribution >= 0.6 is 34.4 Å². The van der Waals surface area contributed by atoms with Gasteiger partial charge in [0.2, 0.25) is 17.7 Å².